The lowest BCUT2D eigenvalue weighted by atomic mass is 10.2. The van der Waals surface area contributed by atoms with Crippen LogP contribution in [0.25, 0.3) is 0 Å². The van der Waals surface area contributed by atoms with Crippen LogP contribution in [0.15, 0.2) is 48.5 Å². The highest BCUT2D eigenvalue weighted by molar-refractivity contribution is 5.39. The quantitative estimate of drug-likeness (QED) is 0.603. The predicted molar refractivity (Wildman–Crippen MR) is 69.0 cm³/mol. The molecule has 92 valence electrons. The van der Waals surface area contributed by atoms with E-state index in [1.165, 1.54) is 17.7 Å². The van der Waals surface area contributed by atoms with E-state index in [-0.39, 0.29) is 5.69 Å². The summed E-state index contributed by atoms with van der Waals surface area (Å²) >= 11 is 0. The first kappa shape index (κ1) is 12.1. The van der Waals surface area contributed by atoms with Gasteiger partial charge in [-0.25, -0.2) is 0 Å². The van der Waals surface area contributed by atoms with Crippen LogP contribution in [0.3, 0.4) is 0 Å². The van der Waals surface area contributed by atoms with Gasteiger partial charge in [0.15, 0.2) is 0 Å². The van der Waals surface area contributed by atoms with Gasteiger partial charge in [0.05, 0.1) is 4.92 Å². The van der Waals surface area contributed by atoms with E-state index in [2.05, 4.69) is 6.92 Å². The zero-order valence-electron chi connectivity index (χ0n) is 10.00. The minimum absolute atomic E-state index is 0.0599. The molecule has 4 nitrogen and oxygen atoms in total. The van der Waals surface area contributed by atoms with Crippen molar-refractivity contribution in [1.82, 2.24) is 0 Å². The lowest BCUT2D eigenvalue weighted by Gasteiger charge is -2.06. The lowest BCUT2D eigenvalue weighted by Crippen LogP contribution is -1.89. The van der Waals surface area contributed by atoms with Gasteiger partial charge in [-0.1, -0.05) is 19.1 Å². The first-order valence-corrected chi connectivity index (χ1v) is 5.70. The monoisotopic (exact) mass is 243 g/mol. The molecule has 0 aliphatic rings. The van der Waals surface area contributed by atoms with E-state index >= 15 is 0 Å². The standard InChI is InChI=1S/C14H13NO3/c1-2-11-4-3-5-14(10-11)18-13-8-6-12(7-9-13)15(16)17/h3-10H,2H2,1H3. The third-order valence-electron chi connectivity index (χ3n) is 2.59. The van der Waals surface area contributed by atoms with Crippen molar-refractivity contribution in [3.8, 4) is 11.5 Å². The van der Waals surface area contributed by atoms with E-state index < -0.39 is 4.92 Å². The van der Waals surface area contributed by atoms with E-state index in [0.29, 0.717) is 5.75 Å². The van der Waals surface area contributed by atoms with E-state index in [0.717, 1.165) is 12.2 Å². The summed E-state index contributed by atoms with van der Waals surface area (Å²) in [5.41, 5.74) is 1.25. The van der Waals surface area contributed by atoms with Gasteiger partial charge in [0, 0.05) is 12.1 Å². The Labute approximate surface area is 105 Å². The third-order valence-corrected chi connectivity index (χ3v) is 2.59. The molecule has 0 aromatic heterocycles. The van der Waals surface area contributed by atoms with Crippen LogP contribution in [0, 0.1) is 10.1 Å². The molecule has 0 N–H and O–H groups in total. The molecule has 0 unspecified atom stereocenters. The van der Waals surface area contributed by atoms with Crippen molar-refractivity contribution in [2.24, 2.45) is 0 Å². The molecule has 0 bridgehead atoms. The highest BCUT2D eigenvalue weighted by Gasteiger charge is 2.05. The molecule has 0 fully saturated rings. The van der Waals surface area contributed by atoms with E-state index in [9.17, 15) is 10.1 Å². The topological polar surface area (TPSA) is 52.4 Å². The summed E-state index contributed by atoms with van der Waals surface area (Å²) in [7, 11) is 0. The molecular formula is C14H13NO3. The lowest BCUT2D eigenvalue weighted by molar-refractivity contribution is -0.384. The van der Waals surface area contributed by atoms with Crippen LogP contribution in [-0.4, -0.2) is 4.92 Å². The fourth-order valence-corrected chi connectivity index (χ4v) is 1.60. The molecule has 0 atom stereocenters. The molecule has 2 aromatic rings. The molecule has 0 saturated heterocycles. The normalized spacial score (nSPS) is 10.1. The SMILES string of the molecule is CCc1cccc(Oc2ccc([N+](=O)[O-])cc2)c1. The average molecular weight is 243 g/mol. The fourth-order valence-electron chi connectivity index (χ4n) is 1.60. The fraction of sp³-hybridized carbons (Fsp3) is 0.143. The Morgan fingerprint density at radius 3 is 2.44 bits per heavy atom. The van der Waals surface area contributed by atoms with Crippen LogP contribution < -0.4 is 4.74 Å². The molecule has 0 spiro atoms. The van der Waals surface area contributed by atoms with Crippen molar-refractivity contribution >= 4 is 5.69 Å². The minimum atomic E-state index is -0.429. The molecule has 4 heteroatoms. The van der Waals surface area contributed by atoms with Gasteiger partial charge in [-0.2, -0.15) is 0 Å². The van der Waals surface area contributed by atoms with Crippen LogP contribution in [0.2, 0.25) is 0 Å². The highest BCUT2D eigenvalue weighted by atomic mass is 16.6. The first-order chi connectivity index (χ1) is 8.69. The van der Waals surface area contributed by atoms with Crippen LogP contribution in [0.5, 0.6) is 11.5 Å². The second kappa shape index (κ2) is 5.31. The van der Waals surface area contributed by atoms with Gasteiger partial charge in [0.2, 0.25) is 0 Å². The van der Waals surface area contributed by atoms with E-state index in [1.807, 2.05) is 24.3 Å². The Hall–Kier alpha value is -2.36. The van der Waals surface area contributed by atoms with Crippen molar-refractivity contribution in [3.63, 3.8) is 0 Å². The number of non-ortho nitro benzene ring substituents is 1. The summed E-state index contributed by atoms with van der Waals surface area (Å²) in [6.07, 6.45) is 0.942. The number of hydrogen-bond donors (Lipinski definition) is 0. The number of rotatable bonds is 4. The number of nitro groups is 1. The molecule has 18 heavy (non-hydrogen) atoms. The van der Waals surface area contributed by atoms with Gasteiger partial charge in [-0.3, -0.25) is 10.1 Å². The third kappa shape index (κ3) is 2.85. The largest absolute Gasteiger partial charge is 0.457 e. The molecule has 2 rings (SSSR count). The Morgan fingerprint density at radius 2 is 1.83 bits per heavy atom. The van der Waals surface area contributed by atoms with Crippen LogP contribution in [-0.2, 0) is 6.42 Å². The van der Waals surface area contributed by atoms with Gasteiger partial charge in [-0.05, 0) is 36.2 Å². The summed E-state index contributed by atoms with van der Waals surface area (Å²) < 4.78 is 5.63. The van der Waals surface area contributed by atoms with Crippen LogP contribution in [0.1, 0.15) is 12.5 Å². The second-order valence-corrected chi connectivity index (χ2v) is 3.85. The maximum absolute atomic E-state index is 10.5. The van der Waals surface area contributed by atoms with E-state index in [4.69, 9.17) is 4.74 Å². The molecule has 0 heterocycles. The maximum atomic E-state index is 10.5. The zero-order chi connectivity index (χ0) is 13.0. The molecule has 0 radical (unpaired) electrons. The average Bonchev–Trinajstić information content (AvgIpc) is 2.39. The van der Waals surface area contributed by atoms with Crippen molar-refractivity contribution in [2.75, 3.05) is 0 Å². The van der Waals surface area contributed by atoms with Crippen molar-refractivity contribution in [1.29, 1.82) is 0 Å². The Balaban J connectivity index is 2.15. The number of aryl methyl sites for hydroxylation is 1. The van der Waals surface area contributed by atoms with Crippen molar-refractivity contribution in [3.05, 3.63) is 64.2 Å². The predicted octanol–water partition coefficient (Wildman–Crippen LogP) is 3.95. The molecular weight excluding hydrogens is 230 g/mol. The molecule has 0 amide bonds. The van der Waals surface area contributed by atoms with Gasteiger partial charge in [-0.15, -0.1) is 0 Å². The number of ether oxygens (including phenoxy) is 1. The smallest absolute Gasteiger partial charge is 0.269 e. The molecule has 2 aromatic carbocycles. The van der Waals surface area contributed by atoms with Gasteiger partial charge >= 0.3 is 0 Å². The Morgan fingerprint density at radius 1 is 1.11 bits per heavy atom. The first-order valence-electron chi connectivity index (χ1n) is 5.70. The summed E-state index contributed by atoms with van der Waals surface area (Å²) in [6, 6.07) is 13.8. The molecule has 0 aliphatic heterocycles. The second-order valence-electron chi connectivity index (χ2n) is 3.85. The van der Waals surface area contributed by atoms with Gasteiger partial charge in [0.25, 0.3) is 5.69 Å². The van der Waals surface area contributed by atoms with Crippen molar-refractivity contribution < 1.29 is 9.66 Å². The van der Waals surface area contributed by atoms with Crippen LogP contribution in [0.4, 0.5) is 5.69 Å². The van der Waals surface area contributed by atoms with Gasteiger partial charge in [0.1, 0.15) is 11.5 Å². The molecule has 0 aliphatic carbocycles. The minimum Gasteiger partial charge on any atom is -0.457 e. The van der Waals surface area contributed by atoms with E-state index in [1.54, 1.807) is 12.1 Å². The molecule has 0 saturated carbocycles. The Kier molecular flexibility index (Phi) is 3.57. The summed E-state index contributed by atoms with van der Waals surface area (Å²) in [6.45, 7) is 2.07. The van der Waals surface area contributed by atoms with Crippen molar-refractivity contribution in [2.45, 2.75) is 13.3 Å². The van der Waals surface area contributed by atoms with Crippen LogP contribution >= 0.6 is 0 Å². The maximum Gasteiger partial charge on any atom is 0.269 e. The number of nitrogens with zero attached hydrogens (tertiary/aromatic N) is 1. The zero-order valence-corrected chi connectivity index (χ0v) is 10.00. The summed E-state index contributed by atoms with van der Waals surface area (Å²) in [4.78, 5) is 10.1. The number of nitro benzene ring substituents is 1. The number of hydrogen-bond acceptors (Lipinski definition) is 3. The number of benzene rings is 2. The van der Waals surface area contributed by atoms with Gasteiger partial charge < -0.3 is 4.74 Å². The highest BCUT2D eigenvalue weighted by Crippen LogP contribution is 2.24. The summed E-state index contributed by atoms with van der Waals surface area (Å²) in [5.74, 6) is 1.33. The summed E-state index contributed by atoms with van der Waals surface area (Å²) in [5, 5.41) is 10.5. The Bertz CT molecular complexity index is 549.